The molecular weight excluding hydrogens is 202 g/mol. The number of carbonyl (C=O) groups excluding carboxylic acids is 1. The van der Waals surface area contributed by atoms with Crippen molar-refractivity contribution in [1.82, 2.24) is 5.32 Å². The molecule has 0 aliphatic rings. The Labute approximate surface area is 95.5 Å². The van der Waals surface area contributed by atoms with Crippen molar-refractivity contribution in [1.29, 1.82) is 0 Å². The Balaban J connectivity index is 2.63. The summed E-state index contributed by atoms with van der Waals surface area (Å²) in [6.07, 6.45) is 0. The first-order valence-electron chi connectivity index (χ1n) is 5.14. The maximum atomic E-state index is 11.5. The zero-order valence-electron chi connectivity index (χ0n) is 9.42. The summed E-state index contributed by atoms with van der Waals surface area (Å²) in [6.45, 7) is 6.56. The van der Waals surface area contributed by atoms with E-state index in [0.717, 1.165) is 11.4 Å². The number of carbonyl (C=O) groups is 1. The summed E-state index contributed by atoms with van der Waals surface area (Å²) < 4.78 is 0. The van der Waals surface area contributed by atoms with Gasteiger partial charge in [-0.05, 0) is 31.2 Å². The monoisotopic (exact) mass is 219 g/mol. The topological polar surface area (TPSA) is 67.2 Å². The number of amides is 1. The lowest BCUT2D eigenvalue weighted by Gasteiger charge is -2.07. The highest BCUT2D eigenvalue weighted by atomic mass is 16.1. The van der Waals surface area contributed by atoms with Gasteiger partial charge in [0.1, 0.15) is 0 Å². The van der Waals surface area contributed by atoms with E-state index in [-0.39, 0.29) is 5.91 Å². The highest BCUT2D eigenvalue weighted by molar-refractivity contribution is 5.94. The van der Waals surface area contributed by atoms with Gasteiger partial charge in [-0.2, -0.15) is 0 Å². The Morgan fingerprint density at radius 1 is 1.38 bits per heavy atom. The van der Waals surface area contributed by atoms with Crippen molar-refractivity contribution in [3.63, 3.8) is 0 Å². The Morgan fingerprint density at radius 2 is 2.00 bits per heavy atom. The van der Waals surface area contributed by atoms with Gasteiger partial charge in [-0.3, -0.25) is 4.79 Å². The van der Waals surface area contributed by atoms with Crippen LogP contribution in [0.2, 0.25) is 0 Å². The molecular formula is C12H17N3O. The lowest BCUT2D eigenvalue weighted by atomic mass is 10.2. The van der Waals surface area contributed by atoms with Gasteiger partial charge in [-0.1, -0.05) is 6.58 Å². The van der Waals surface area contributed by atoms with Gasteiger partial charge in [-0.25, -0.2) is 0 Å². The van der Waals surface area contributed by atoms with Gasteiger partial charge in [0.2, 0.25) is 0 Å². The molecule has 0 heterocycles. The van der Waals surface area contributed by atoms with E-state index in [9.17, 15) is 4.79 Å². The molecule has 0 unspecified atom stereocenters. The smallest absolute Gasteiger partial charge is 0.251 e. The standard InChI is InChI=1S/C12H17N3O/c1-9(2)15-11-5-3-10(4-6-11)12(16)14-8-7-13/h3-6,15H,1,7-8,13H2,2H3,(H,14,16). The number of anilines is 1. The van der Waals surface area contributed by atoms with Gasteiger partial charge < -0.3 is 16.4 Å². The van der Waals surface area contributed by atoms with E-state index >= 15 is 0 Å². The summed E-state index contributed by atoms with van der Waals surface area (Å²) in [7, 11) is 0. The first-order valence-corrected chi connectivity index (χ1v) is 5.14. The minimum Gasteiger partial charge on any atom is -0.360 e. The van der Waals surface area contributed by atoms with Crippen molar-refractivity contribution < 1.29 is 4.79 Å². The number of hydrogen-bond acceptors (Lipinski definition) is 3. The summed E-state index contributed by atoms with van der Waals surface area (Å²) in [5.41, 5.74) is 7.71. The zero-order chi connectivity index (χ0) is 12.0. The van der Waals surface area contributed by atoms with Crippen molar-refractivity contribution in [3.8, 4) is 0 Å². The number of nitrogens with one attached hydrogen (secondary N) is 2. The molecule has 1 aromatic rings. The fraction of sp³-hybridized carbons (Fsp3) is 0.250. The normalized spacial score (nSPS) is 9.62. The SMILES string of the molecule is C=C(C)Nc1ccc(C(=O)NCCN)cc1. The van der Waals surface area contributed by atoms with E-state index in [1.165, 1.54) is 0 Å². The zero-order valence-corrected chi connectivity index (χ0v) is 9.42. The highest BCUT2D eigenvalue weighted by Gasteiger charge is 2.03. The third-order valence-electron chi connectivity index (χ3n) is 1.93. The average Bonchev–Trinajstić information content (AvgIpc) is 2.26. The Morgan fingerprint density at radius 3 is 2.50 bits per heavy atom. The van der Waals surface area contributed by atoms with E-state index < -0.39 is 0 Å². The number of nitrogens with two attached hydrogens (primary N) is 1. The van der Waals surface area contributed by atoms with Crippen molar-refractivity contribution in [2.24, 2.45) is 5.73 Å². The molecule has 0 saturated heterocycles. The summed E-state index contributed by atoms with van der Waals surface area (Å²) in [4.78, 5) is 11.5. The Kier molecular flexibility index (Phi) is 4.54. The summed E-state index contributed by atoms with van der Waals surface area (Å²) >= 11 is 0. The molecule has 0 atom stereocenters. The van der Waals surface area contributed by atoms with Crippen LogP contribution in [0.15, 0.2) is 36.5 Å². The molecule has 0 aliphatic carbocycles. The van der Waals surface area contributed by atoms with Crippen molar-refractivity contribution >= 4 is 11.6 Å². The molecule has 0 radical (unpaired) electrons. The molecule has 4 N–H and O–H groups in total. The number of hydrogen-bond donors (Lipinski definition) is 3. The fourth-order valence-electron chi connectivity index (χ4n) is 1.24. The molecule has 0 saturated carbocycles. The van der Waals surface area contributed by atoms with Crippen LogP contribution in [-0.4, -0.2) is 19.0 Å². The van der Waals surface area contributed by atoms with E-state index in [2.05, 4.69) is 17.2 Å². The summed E-state index contributed by atoms with van der Waals surface area (Å²) in [5.74, 6) is -0.104. The van der Waals surface area contributed by atoms with Crippen LogP contribution in [0.25, 0.3) is 0 Å². The lowest BCUT2D eigenvalue weighted by Crippen LogP contribution is -2.28. The van der Waals surface area contributed by atoms with Gasteiger partial charge in [0.15, 0.2) is 0 Å². The molecule has 0 fully saturated rings. The largest absolute Gasteiger partial charge is 0.360 e. The predicted molar refractivity (Wildman–Crippen MR) is 66.3 cm³/mol. The van der Waals surface area contributed by atoms with Crippen LogP contribution in [0, 0.1) is 0 Å². The highest BCUT2D eigenvalue weighted by Crippen LogP contribution is 2.11. The Bertz CT molecular complexity index is 370. The molecule has 86 valence electrons. The van der Waals surface area contributed by atoms with Crippen molar-refractivity contribution in [2.45, 2.75) is 6.92 Å². The van der Waals surface area contributed by atoms with E-state index in [1.807, 2.05) is 19.1 Å². The maximum absolute atomic E-state index is 11.5. The lowest BCUT2D eigenvalue weighted by molar-refractivity contribution is 0.0955. The van der Waals surface area contributed by atoms with Crippen molar-refractivity contribution in [3.05, 3.63) is 42.1 Å². The third-order valence-corrected chi connectivity index (χ3v) is 1.93. The van der Waals surface area contributed by atoms with E-state index in [1.54, 1.807) is 12.1 Å². The summed E-state index contributed by atoms with van der Waals surface area (Å²) in [6, 6.07) is 7.20. The molecule has 4 nitrogen and oxygen atoms in total. The minimum atomic E-state index is -0.104. The summed E-state index contributed by atoms with van der Waals surface area (Å²) in [5, 5.41) is 5.77. The molecule has 1 amide bonds. The van der Waals surface area contributed by atoms with Gasteiger partial charge >= 0.3 is 0 Å². The predicted octanol–water partition coefficient (Wildman–Crippen LogP) is 1.32. The van der Waals surface area contributed by atoms with Gasteiger partial charge in [0, 0.05) is 30.0 Å². The molecule has 0 bridgehead atoms. The average molecular weight is 219 g/mol. The first kappa shape index (κ1) is 12.3. The van der Waals surface area contributed by atoms with Gasteiger partial charge in [0.25, 0.3) is 5.91 Å². The molecule has 1 aromatic carbocycles. The second kappa shape index (κ2) is 5.92. The van der Waals surface area contributed by atoms with Crippen LogP contribution >= 0.6 is 0 Å². The minimum absolute atomic E-state index is 0.104. The van der Waals surface area contributed by atoms with Gasteiger partial charge in [0.05, 0.1) is 0 Å². The van der Waals surface area contributed by atoms with Crippen LogP contribution in [-0.2, 0) is 0 Å². The van der Waals surface area contributed by atoms with Crippen LogP contribution < -0.4 is 16.4 Å². The molecule has 16 heavy (non-hydrogen) atoms. The number of allylic oxidation sites excluding steroid dienone is 1. The first-order chi connectivity index (χ1) is 7.63. The maximum Gasteiger partial charge on any atom is 0.251 e. The third kappa shape index (κ3) is 3.74. The quantitative estimate of drug-likeness (QED) is 0.699. The van der Waals surface area contributed by atoms with Crippen molar-refractivity contribution in [2.75, 3.05) is 18.4 Å². The molecule has 0 aromatic heterocycles. The van der Waals surface area contributed by atoms with Gasteiger partial charge in [-0.15, -0.1) is 0 Å². The van der Waals surface area contributed by atoms with E-state index in [4.69, 9.17) is 5.73 Å². The second-order valence-corrected chi connectivity index (χ2v) is 3.53. The molecule has 1 rings (SSSR count). The number of benzene rings is 1. The van der Waals surface area contributed by atoms with Crippen LogP contribution in [0.5, 0.6) is 0 Å². The van der Waals surface area contributed by atoms with Crippen LogP contribution in [0.4, 0.5) is 5.69 Å². The molecule has 0 spiro atoms. The Hall–Kier alpha value is -1.81. The number of rotatable bonds is 5. The fourth-order valence-corrected chi connectivity index (χ4v) is 1.24. The van der Waals surface area contributed by atoms with Crippen LogP contribution in [0.1, 0.15) is 17.3 Å². The molecule has 0 aliphatic heterocycles. The van der Waals surface area contributed by atoms with E-state index in [0.29, 0.717) is 18.7 Å². The molecule has 4 heteroatoms. The second-order valence-electron chi connectivity index (χ2n) is 3.53. The van der Waals surface area contributed by atoms with Crippen LogP contribution in [0.3, 0.4) is 0 Å².